The van der Waals surface area contributed by atoms with E-state index in [9.17, 15) is 17.2 Å². The minimum atomic E-state index is -3.95. The SMILES string of the molecule is CCN1CCC[C@H]1CNS(=O)(=O)c1ccc(F)cc1F. The van der Waals surface area contributed by atoms with Crippen LogP contribution in [0.15, 0.2) is 23.1 Å². The molecule has 0 amide bonds. The molecule has 20 heavy (non-hydrogen) atoms. The van der Waals surface area contributed by atoms with Gasteiger partial charge in [0.2, 0.25) is 10.0 Å². The molecule has 1 N–H and O–H groups in total. The summed E-state index contributed by atoms with van der Waals surface area (Å²) in [7, 11) is -3.95. The lowest BCUT2D eigenvalue weighted by Crippen LogP contribution is -2.40. The van der Waals surface area contributed by atoms with Crippen LogP contribution in [0.4, 0.5) is 8.78 Å². The number of hydrogen-bond donors (Lipinski definition) is 1. The molecule has 1 atom stereocenters. The van der Waals surface area contributed by atoms with Crippen molar-refractivity contribution in [3.05, 3.63) is 29.8 Å². The van der Waals surface area contributed by atoms with Crippen molar-refractivity contribution < 1.29 is 17.2 Å². The summed E-state index contributed by atoms with van der Waals surface area (Å²) in [6.07, 6.45) is 1.95. The van der Waals surface area contributed by atoms with Gasteiger partial charge >= 0.3 is 0 Å². The van der Waals surface area contributed by atoms with Crippen LogP contribution < -0.4 is 4.72 Å². The minimum Gasteiger partial charge on any atom is -0.299 e. The zero-order valence-corrected chi connectivity index (χ0v) is 12.1. The zero-order chi connectivity index (χ0) is 14.8. The zero-order valence-electron chi connectivity index (χ0n) is 11.3. The summed E-state index contributed by atoms with van der Waals surface area (Å²) < 4.78 is 52.8. The molecule has 0 aromatic heterocycles. The number of nitrogens with zero attached hydrogens (tertiary/aromatic N) is 1. The molecule has 4 nitrogen and oxygen atoms in total. The molecule has 1 aromatic carbocycles. The molecule has 112 valence electrons. The van der Waals surface area contributed by atoms with E-state index in [1.807, 2.05) is 6.92 Å². The Labute approximate surface area is 117 Å². The van der Waals surface area contributed by atoms with E-state index in [-0.39, 0.29) is 12.6 Å². The lowest BCUT2D eigenvalue weighted by Gasteiger charge is -2.22. The lowest BCUT2D eigenvalue weighted by atomic mass is 10.2. The van der Waals surface area contributed by atoms with Crippen molar-refractivity contribution in [2.45, 2.75) is 30.7 Å². The molecule has 2 rings (SSSR count). The van der Waals surface area contributed by atoms with Crippen LogP contribution in [-0.4, -0.2) is 39.0 Å². The van der Waals surface area contributed by atoms with Gasteiger partial charge in [-0.3, -0.25) is 4.90 Å². The molecule has 1 fully saturated rings. The van der Waals surface area contributed by atoms with Gasteiger partial charge in [-0.05, 0) is 38.1 Å². The monoisotopic (exact) mass is 304 g/mol. The molecule has 0 spiro atoms. The molecule has 0 bridgehead atoms. The van der Waals surface area contributed by atoms with Crippen LogP contribution in [0.5, 0.6) is 0 Å². The summed E-state index contributed by atoms with van der Waals surface area (Å²) in [6, 6.07) is 2.59. The third kappa shape index (κ3) is 3.34. The summed E-state index contributed by atoms with van der Waals surface area (Å²) in [6.45, 7) is 4.07. The number of sulfonamides is 1. The molecule has 7 heteroatoms. The first-order chi connectivity index (χ1) is 9.44. The molecule has 1 saturated heterocycles. The van der Waals surface area contributed by atoms with Crippen LogP contribution in [0.1, 0.15) is 19.8 Å². The van der Waals surface area contributed by atoms with Gasteiger partial charge in [-0.2, -0.15) is 0 Å². The highest BCUT2D eigenvalue weighted by atomic mass is 32.2. The topological polar surface area (TPSA) is 49.4 Å². The van der Waals surface area contributed by atoms with Crippen molar-refractivity contribution in [1.82, 2.24) is 9.62 Å². The van der Waals surface area contributed by atoms with E-state index in [1.165, 1.54) is 0 Å². The average Bonchev–Trinajstić information content (AvgIpc) is 2.83. The number of benzene rings is 1. The van der Waals surface area contributed by atoms with E-state index in [1.54, 1.807) is 0 Å². The van der Waals surface area contributed by atoms with Crippen molar-refractivity contribution in [2.24, 2.45) is 0 Å². The molecule has 1 heterocycles. The second kappa shape index (κ2) is 6.15. The van der Waals surface area contributed by atoms with Gasteiger partial charge in [-0.25, -0.2) is 21.9 Å². The van der Waals surface area contributed by atoms with Gasteiger partial charge < -0.3 is 0 Å². The van der Waals surface area contributed by atoms with Crippen LogP contribution in [0.3, 0.4) is 0 Å². The molecule has 0 saturated carbocycles. The highest BCUT2D eigenvalue weighted by Crippen LogP contribution is 2.18. The maximum absolute atomic E-state index is 13.5. The molecular formula is C13H18F2N2O2S. The van der Waals surface area contributed by atoms with E-state index in [4.69, 9.17) is 0 Å². The Balaban J connectivity index is 2.07. The van der Waals surface area contributed by atoms with Crippen LogP contribution >= 0.6 is 0 Å². The van der Waals surface area contributed by atoms with Gasteiger partial charge in [-0.1, -0.05) is 6.92 Å². The third-order valence-electron chi connectivity index (χ3n) is 3.60. The normalized spacial score (nSPS) is 20.4. The summed E-state index contributed by atoms with van der Waals surface area (Å²) in [5.74, 6) is -1.87. The van der Waals surface area contributed by atoms with Gasteiger partial charge in [0.1, 0.15) is 16.5 Å². The van der Waals surface area contributed by atoms with Gasteiger partial charge in [0.05, 0.1) is 0 Å². The molecule has 0 aliphatic carbocycles. The fraction of sp³-hybridized carbons (Fsp3) is 0.538. The fourth-order valence-corrected chi connectivity index (χ4v) is 3.65. The minimum absolute atomic E-state index is 0.137. The first kappa shape index (κ1) is 15.3. The van der Waals surface area contributed by atoms with Gasteiger partial charge in [0.25, 0.3) is 0 Å². The fourth-order valence-electron chi connectivity index (χ4n) is 2.52. The Kier molecular flexibility index (Phi) is 4.72. The number of nitrogens with one attached hydrogen (secondary N) is 1. The lowest BCUT2D eigenvalue weighted by molar-refractivity contribution is 0.268. The van der Waals surface area contributed by atoms with Crippen LogP contribution in [0, 0.1) is 11.6 Å². The highest BCUT2D eigenvalue weighted by molar-refractivity contribution is 7.89. The largest absolute Gasteiger partial charge is 0.299 e. The maximum atomic E-state index is 13.5. The number of likely N-dealkylation sites (tertiary alicyclic amines) is 1. The van der Waals surface area contributed by atoms with E-state index < -0.39 is 26.6 Å². The molecule has 1 aliphatic heterocycles. The van der Waals surface area contributed by atoms with Crippen molar-refractivity contribution in [2.75, 3.05) is 19.6 Å². The number of halogens is 2. The summed E-state index contributed by atoms with van der Waals surface area (Å²) >= 11 is 0. The standard InChI is InChI=1S/C13H18F2N2O2S/c1-2-17-7-3-4-11(17)9-16-20(18,19)13-6-5-10(14)8-12(13)15/h5-6,8,11,16H,2-4,7,9H2,1H3/t11-/m0/s1. The summed E-state index contributed by atoms with van der Waals surface area (Å²) in [4.78, 5) is 1.67. The average molecular weight is 304 g/mol. The quantitative estimate of drug-likeness (QED) is 0.901. The smallest absolute Gasteiger partial charge is 0.243 e. The predicted octanol–water partition coefficient (Wildman–Crippen LogP) is 1.73. The highest BCUT2D eigenvalue weighted by Gasteiger charge is 2.26. The second-order valence-electron chi connectivity index (χ2n) is 4.85. The van der Waals surface area contributed by atoms with E-state index in [2.05, 4.69) is 9.62 Å². The Morgan fingerprint density at radius 1 is 1.40 bits per heavy atom. The van der Waals surface area contributed by atoms with Crippen molar-refractivity contribution in [3.63, 3.8) is 0 Å². The van der Waals surface area contributed by atoms with Gasteiger partial charge in [-0.15, -0.1) is 0 Å². The molecule has 0 unspecified atom stereocenters. The van der Waals surface area contributed by atoms with E-state index >= 15 is 0 Å². The first-order valence-corrected chi connectivity index (χ1v) is 8.11. The Bertz CT molecular complexity index is 578. The molecule has 1 aromatic rings. The Hall–Kier alpha value is -1.05. The Morgan fingerprint density at radius 3 is 2.80 bits per heavy atom. The summed E-state index contributed by atoms with van der Waals surface area (Å²) in [5.41, 5.74) is 0. The number of hydrogen-bond acceptors (Lipinski definition) is 3. The van der Waals surface area contributed by atoms with E-state index in [0.717, 1.165) is 38.1 Å². The van der Waals surface area contributed by atoms with Crippen LogP contribution in [0.2, 0.25) is 0 Å². The van der Waals surface area contributed by atoms with Gasteiger partial charge in [0.15, 0.2) is 0 Å². The van der Waals surface area contributed by atoms with Crippen LogP contribution in [-0.2, 0) is 10.0 Å². The number of rotatable bonds is 5. The second-order valence-corrected chi connectivity index (χ2v) is 6.59. The molecule has 1 aliphatic rings. The predicted molar refractivity (Wildman–Crippen MR) is 71.8 cm³/mol. The van der Waals surface area contributed by atoms with Crippen LogP contribution in [0.25, 0.3) is 0 Å². The molecular weight excluding hydrogens is 286 g/mol. The van der Waals surface area contributed by atoms with Crippen molar-refractivity contribution in [1.29, 1.82) is 0 Å². The molecule has 0 radical (unpaired) electrons. The van der Waals surface area contributed by atoms with Gasteiger partial charge in [0, 0.05) is 18.7 Å². The Morgan fingerprint density at radius 2 is 2.15 bits per heavy atom. The van der Waals surface area contributed by atoms with Crippen molar-refractivity contribution >= 4 is 10.0 Å². The van der Waals surface area contributed by atoms with Crippen molar-refractivity contribution in [3.8, 4) is 0 Å². The third-order valence-corrected chi connectivity index (χ3v) is 5.05. The number of likely N-dealkylation sites (N-methyl/N-ethyl adjacent to an activating group) is 1. The van der Waals surface area contributed by atoms with E-state index in [0.29, 0.717) is 6.07 Å². The summed E-state index contributed by atoms with van der Waals surface area (Å²) in [5, 5.41) is 0. The first-order valence-electron chi connectivity index (χ1n) is 6.63. The maximum Gasteiger partial charge on any atom is 0.243 e.